The van der Waals surface area contributed by atoms with Gasteiger partial charge in [0.1, 0.15) is 0 Å². The zero-order chi connectivity index (χ0) is 17.5. The molecule has 5 nitrogen and oxygen atoms in total. The first kappa shape index (κ1) is 17.8. The van der Waals surface area contributed by atoms with E-state index < -0.39 is 0 Å². The van der Waals surface area contributed by atoms with Crippen LogP contribution in [0.1, 0.15) is 18.1 Å². The van der Waals surface area contributed by atoms with Crippen LogP contribution in [0, 0.1) is 0 Å². The van der Waals surface area contributed by atoms with Crippen LogP contribution >= 0.6 is 11.6 Å². The molecule has 0 aromatic heterocycles. The number of carbonyl (C=O) groups is 1. The Hall–Kier alpha value is -2.53. The van der Waals surface area contributed by atoms with Crippen molar-refractivity contribution in [2.75, 3.05) is 14.2 Å². The van der Waals surface area contributed by atoms with Crippen LogP contribution in [0.5, 0.6) is 11.5 Å². The van der Waals surface area contributed by atoms with Crippen LogP contribution in [0.3, 0.4) is 0 Å². The maximum absolute atomic E-state index is 12.0. The minimum absolute atomic E-state index is 0.197. The Morgan fingerprint density at radius 3 is 2.38 bits per heavy atom. The van der Waals surface area contributed by atoms with Crippen molar-refractivity contribution in [1.29, 1.82) is 0 Å². The molecular weight excluding hydrogens is 328 g/mol. The number of halogens is 1. The molecule has 0 atom stereocenters. The fourth-order valence-electron chi connectivity index (χ4n) is 2.10. The van der Waals surface area contributed by atoms with Gasteiger partial charge in [0.2, 0.25) is 5.91 Å². The van der Waals surface area contributed by atoms with Crippen LogP contribution in [0.25, 0.3) is 0 Å². The highest BCUT2D eigenvalue weighted by Crippen LogP contribution is 2.27. The highest BCUT2D eigenvalue weighted by Gasteiger charge is 2.07. The number of rotatable bonds is 6. The third-order valence-electron chi connectivity index (χ3n) is 3.43. The van der Waals surface area contributed by atoms with Crippen molar-refractivity contribution >= 4 is 23.2 Å². The second-order valence-electron chi connectivity index (χ2n) is 5.11. The Bertz CT molecular complexity index is 742. The van der Waals surface area contributed by atoms with E-state index in [2.05, 4.69) is 10.5 Å². The molecule has 0 heterocycles. The molecule has 0 spiro atoms. The summed E-state index contributed by atoms with van der Waals surface area (Å²) < 4.78 is 10.5. The molecule has 2 rings (SSSR count). The van der Waals surface area contributed by atoms with Crippen molar-refractivity contribution in [3.63, 3.8) is 0 Å². The molecule has 6 heteroatoms. The molecule has 0 unspecified atom stereocenters. The monoisotopic (exact) mass is 346 g/mol. The molecule has 0 aliphatic carbocycles. The van der Waals surface area contributed by atoms with Gasteiger partial charge in [0.25, 0.3) is 0 Å². The lowest BCUT2D eigenvalue weighted by Crippen LogP contribution is -2.21. The zero-order valence-electron chi connectivity index (χ0n) is 13.8. The fraction of sp³-hybridized carbons (Fsp3) is 0.222. The van der Waals surface area contributed by atoms with E-state index in [0.29, 0.717) is 22.2 Å². The molecule has 2 aromatic rings. The number of carbonyl (C=O) groups excluding carboxylic acids is 1. The van der Waals surface area contributed by atoms with E-state index in [1.165, 1.54) is 0 Å². The number of methoxy groups -OCH3 is 2. The molecule has 126 valence electrons. The van der Waals surface area contributed by atoms with E-state index >= 15 is 0 Å². The maximum Gasteiger partial charge on any atom is 0.244 e. The number of benzene rings is 2. The van der Waals surface area contributed by atoms with Gasteiger partial charge in [-0.2, -0.15) is 5.10 Å². The quantitative estimate of drug-likeness (QED) is 0.644. The number of hydrogen-bond donors (Lipinski definition) is 1. The highest BCUT2D eigenvalue weighted by molar-refractivity contribution is 6.30. The van der Waals surface area contributed by atoms with Gasteiger partial charge in [0.15, 0.2) is 11.5 Å². The van der Waals surface area contributed by atoms with E-state index in [0.717, 1.165) is 11.1 Å². The number of amides is 1. The topological polar surface area (TPSA) is 59.9 Å². The Morgan fingerprint density at radius 1 is 1.08 bits per heavy atom. The van der Waals surface area contributed by atoms with Gasteiger partial charge >= 0.3 is 0 Å². The molecule has 1 amide bonds. The standard InChI is InChI=1S/C18H19ClN2O3/c1-12(14-6-9-16(23-2)17(11-14)24-3)20-21-18(22)10-13-4-7-15(19)8-5-13/h4-9,11H,10H2,1-3H3,(H,21,22)/b20-12+. The first-order valence-corrected chi connectivity index (χ1v) is 7.71. The van der Waals surface area contributed by atoms with Crippen molar-refractivity contribution < 1.29 is 14.3 Å². The number of hydrazone groups is 1. The van der Waals surface area contributed by atoms with Crippen LogP contribution < -0.4 is 14.9 Å². The average Bonchev–Trinajstić information content (AvgIpc) is 2.61. The Labute approximate surface area is 146 Å². The summed E-state index contributed by atoms with van der Waals surface area (Å²) in [5.41, 5.74) is 4.93. The van der Waals surface area contributed by atoms with Crippen molar-refractivity contribution in [3.8, 4) is 11.5 Å². The molecule has 1 N–H and O–H groups in total. The summed E-state index contributed by atoms with van der Waals surface area (Å²) in [6, 6.07) is 12.6. The number of nitrogens with one attached hydrogen (secondary N) is 1. The zero-order valence-corrected chi connectivity index (χ0v) is 14.6. The van der Waals surface area contributed by atoms with E-state index in [1.54, 1.807) is 32.4 Å². The molecule has 0 saturated heterocycles. The minimum Gasteiger partial charge on any atom is -0.493 e. The maximum atomic E-state index is 12.0. The predicted molar refractivity (Wildman–Crippen MR) is 95.1 cm³/mol. The summed E-state index contributed by atoms with van der Waals surface area (Å²) in [5.74, 6) is 1.05. The van der Waals surface area contributed by atoms with Crippen LogP contribution in [-0.2, 0) is 11.2 Å². The van der Waals surface area contributed by atoms with Crippen molar-refractivity contribution in [2.24, 2.45) is 5.10 Å². The summed E-state index contributed by atoms with van der Waals surface area (Å²) in [4.78, 5) is 12.0. The second kappa shape index (κ2) is 8.36. The summed E-state index contributed by atoms with van der Waals surface area (Å²) in [7, 11) is 3.15. The van der Waals surface area contributed by atoms with Gasteiger partial charge in [-0.15, -0.1) is 0 Å². The van der Waals surface area contributed by atoms with Gasteiger partial charge in [-0.25, -0.2) is 5.43 Å². The number of hydrogen-bond acceptors (Lipinski definition) is 4. The lowest BCUT2D eigenvalue weighted by molar-refractivity contribution is -0.120. The lowest BCUT2D eigenvalue weighted by atomic mass is 10.1. The van der Waals surface area contributed by atoms with Gasteiger partial charge in [-0.1, -0.05) is 23.7 Å². The normalized spacial score (nSPS) is 11.1. The molecule has 0 aliphatic rings. The van der Waals surface area contributed by atoms with E-state index in [-0.39, 0.29) is 12.3 Å². The van der Waals surface area contributed by atoms with Crippen molar-refractivity contribution in [1.82, 2.24) is 5.43 Å². The Morgan fingerprint density at radius 2 is 1.75 bits per heavy atom. The number of nitrogens with zero attached hydrogens (tertiary/aromatic N) is 1. The molecule has 0 saturated carbocycles. The first-order valence-electron chi connectivity index (χ1n) is 7.33. The smallest absolute Gasteiger partial charge is 0.244 e. The third kappa shape index (κ3) is 4.73. The molecule has 2 aromatic carbocycles. The molecule has 0 bridgehead atoms. The largest absolute Gasteiger partial charge is 0.493 e. The first-order chi connectivity index (χ1) is 11.5. The second-order valence-corrected chi connectivity index (χ2v) is 5.54. The Kier molecular flexibility index (Phi) is 6.21. The van der Waals surface area contributed by atoms with Crippen LogP contribution in [0.15, 0.2) is 47.6 Å². The molecular formula is C18H19ClN2O3. The summed E-state index contributed by atoms with van der Waals surface area (Å²) in [6.07, 6.45) is 0.236. The predicted octanol–water partition coefficient (Wildman–Crippen LogP) is 3.44. The summed E-state index contributed by atoms with van der Waals surface area (Å²) in [5, 5.41) is 4.77. The van der Waals surface area contributed by atoms with E-state index in [9.17, 15) is 4.79 Å². The lowest BCUT2D eigenvalue weighted by Gasteiger charge is -2.09. The molecule has 0 aliphatic heterocycles. The van der Waals surface area contributed by atoms with Crippen molar-refractivity contribution in [2.45, 2.75) is 13.3 Å². The molecule has 0 fully saturated rings. The third-order valence-corrected chi connectivity index (χ3v) is 3.68. The fourth-order valence-corrected chi connectivity index (χ4v) is 2.23. The summed E-state index contributed by atoms with van der Waals surface area (Å²) in [6.45, 7) is 1.81. The van der Waals surface area contributed by atoms with Crippen LogP contribution in [0.2, 0.25) is 5.02 Å². The summed E-state index contributed by atoms with van der Waals surface area (Å²) >= 11 is 5.82. The Balaban J connectivity index is 2.02. The van der Waals surface area contributed by atoms with Crippen LogP contribution in [-0.4, -0.2) is 25.8 Å². The van der Waals surface area contributed by atoms with Gasteiger partial charge in [-0.05, 0) is 42.8 Å². The van der Waals surface area contributed by atoms with E-state index in [1.807, 2.05) is 31.2 Å². The van der Waals surface area contributed by atoms with Gasteiger partial charge < -0.3 is 9.47 Å². The highest BCUT2D eigenvalue weighted by atomic mass is 35.5. The van der Waals surface area contributed by atoms with Crippen LogP contribution in [0.4, 0.5) is 0 Å². The number of ether oxygens (including phenoxy) is 2. The van der Waals surface area contributed by atoms with Gasteiger partial charge in [0.05, 0.1) is 26.4 Å². The van der Waals surface area contributed by atoms with Gasteiger partial charge in [-0.3, -0.25) is 4.79 Å². The SMILES string of the molecule is COc1ccc(/C(C)=N/NC(=O)Cc2ccc(Cl)cc2)cc1OC. The molecule has 0 radical (unpaired) electrons. The van der Waals surface area contributed by atoms with Gasteiger partial charge in [0, 0.05) is 10.6 Å². The van der Waals surface area contributed by atoms with E-state index in [4.69, 9.17) is 21.1 Å². The minimum atomic E-state index is -0.197. The average molecular weight is 347 g/mol. The molecule has 24 heavy (non-hydrogen) atoms. The van der Waals surface area contributed by atoms with Crippen molar-refractivity contribution in [3.05, 3.63) is 58.6 Å².